The van der Waals surface area contributed by atoms with Gasteiger partial charge in [-0.3, -0.25) is 10.6 Å². The molecule has 9 heavy (non-hydrogen) atoms. The fourth-order valence-electron chi connectivity index (χ4n) is 1.34. The Morgan fingerprint density at radius 3 is 2.33 bits per heavy atom. The van der Waals surface area contributed by atoms with Gasteiger partial charge in [-0.25, -0.2) is 0 Å². The smallest absolute Gasteiger partial charge is 0.161 e. The molecule has 0 aromatic heterocycles. The molecule has 0 spiro atoms. The molecule has 2 rings (SSSR count). The minimum atomic E-state index is -0.458. The van der Waals surface area contributed by atoms with Crippen LogP contribution in [0.2, 0.25) is 0 Å². The van der Waals surface area contributed by atoms with Crippen molar-refractivity contribution in [1.29, 1.82) is 0 Å². The van der Waals surface area contributed by atoms with Crippen molar-refractivity contribution < 1.29 is 5.11 Å². The fraction of sp³-hybridized carbons (Fsp3) is 1.00. The van der Waals surface area contributed by atoms with E-state index < -0.39 is 6.35 Å². The number of aliphatic hydroxyl groups excluding tert-OH is 1. The zero-order valence-electron chi connectivity index (χ0n) is 5.00. The van der Waals surface area contributed by atoms with Crippen LogP contribution in [0.4, 0.5) is 0 Å². The van der Waals surface area contributed by atoms with Crippen LogP contribution in [0.15, 0.2) is 0 Å². The van der Waals surface area contributed by atoms with Gasteiger partial charge >= 0.3 is 0 Å². The summed E-state index contributed by atoms with van der Waals surface area (Å²) in [7, 11) is 0. The lowest BCUT2D eigenvalue weighted by Crippen LogP contribution is -2.33. The summed E-state index contributed by atoms with van der Waals surface area (Å²) in [5, 5.41) is 15.1. The Bertz CT molecular complexity index is 110. The Kier molecular flexibility index (Phi) is 1.41. The lowest BCUT2D eigenvalue weighted by molar-refractivity contribution is 0.132. The third-order valence-corrected chi connectivity index (χ3v) is 3.01. The van der Waals surface area contributed by atoms with Crippen LogP contribution < -0.4 is 10.6 Å². The van der Waals surface area contributed by atoms with Crippen LogP contribution >= 0.6 is 11.8 Å². The minimum Gasteiger partial charge on any atom is -0.365 e. The molecule has 0 aromatic carbocycles. The molecule has 0 amide bonds. The Hall–Kier alpha value is 0.230. The highest BCUT2D eigenvalue weighted by molar-refractivity contribution is 7.99. The maximum Gasteiger partial charge on any atom is 0.161 e. The van der Waals surface area contributed by atoms with Crippen molar-refractivity contribution in [3.63, 3.8) is 0 Å². The van der Waals surface area contributed by atoms with Crippen molar-refractivity contribution in [3.05, 3.63) is 0 Å². The van der Waals surface area contributed by atoms with Crippen molar-refractivity contribution in [2.45, 2.75) is 18.4 Å². The van der Waals surface area contributed by atoms with Gasteiger partial charge in [0, 0.05) is 23.6 Å². The average Bonchev–Trinajstić information content (AvgIpc) is 2.22. The molecular formula is C5H10N2OS. The quantitative estimate of drug-likeness (QED) is 0.407. The second-order valence-corrected chi connectivity index (χ2v) is 3.56. The van der Waals surface area contributed by atoms with E-state index in [4.69, 9.17) is 5.11 Å². The van der Waals surface area contributed by atoms with E-state index >= 15 is 0 Å². The zero-order chi connectivity index (χ0) is 6.27. The molecule has 2 unspecified atom stereocenters. The topological polar surface area (TPSA) is 44.3 Å². The summed E-state index contributed by atoms with van der Waals surface area (Å²) in [4.78, 5) is 0. The summed E-state index contributed by atoms with van der Waals surface area (Å²) in [5.74, 6) is 2.27. The normalized spacial score (nSPS) is 49.7. The minimum absolute atomic E-state index is 0.458. The van der Waals surface area contributed by atoms with Crippen LogP contribution in [0, 0.1) is 0 Å². The zero-order valence-corrected chi connectivity index (χ0v) is 5.82. The second kappa shape index (κ2) is 2.12. The lowest BCUT2D eigenvalue weighted by Gasteiger charge is -2.03. The van der Waals surface area contributed by atoms with E-state index in [1.165, 1.54) is 0 Å². The van der Waals surface area contributed by atoms with Crippen molar-refractivity contribution in [1.82, 2.24) is 10.6 Å². The van der Waals surface area contributed by atoms with Crippen LogP contribution in [0.1, 0.15) is 0 Å². The molecule has 2 aliphatic rings. The number of thioether (sulfide) groups is 1. The molecule has 2 fully saturated rings. The van der Waals surface area contributed by atoms with Gasteiger partial charge in [0.25, 0.3) is 0 Å². The lowest BCUT2D eigenvalue weighted by atomic mass is 10.2. The number of rotatable bonds is 0. The molecule has 0 aliphatic carbocycles. The van der Waals surface area contributed by atoms with E-state index in [1.807, 2.05) is 11.8 Å². The van der Waals surface area contributed by atoms with Gasteiger partial charge in [0.05, 0.1) is 0 Å². The summed E-state index contributed by atoms with van der Waals surface area (Å²) in [5.41, 5.74) is 0. The number of hydrogen-bond acceptors (Lipinski definition) is 4. The highest BCUT2D eigenvalue weighted by Gasteiger charge is 2.35. The number of aliphatic hydroxyl groups is 1. The van der Waals surface area contributed by atoms with E-state index in [-0.39, 0.29) is 0 Å². The number of fused-ring (bicyclic) bond motifs is 1. The summed E-state index contributed by atoms with van der Waals surface area (Å²) in [6.45, 7) is 0. The highest BCUT2D eigenvalue weighted by Crippen LogP contribution is 2.21. The Balaban J connectivity index is 2.02. The first kappa shape index (κ1) is 5.97. The maximum atomic E-state index is 9.00. The first-order valence-corrected chi connectivity index (χ1v) is 4.29. The van der Waals surface area contributed by atoms with Crippen molar-refractivity contribution in [2.75, 3.05) is 11.5 Å². The molecule has 4 heteroatoms. The molecule has 2 atom stereocenters. The standard InChI is InChI=1S/C5H10N2OS/c8-5-6-3-1-9-2-4(3)7-5/h3-8H,1-2H2. The molecule has 2 saturated heterocycles. The van der Waals surface area contributed by atoms with E-state index in [2.05, 4.69) is 10.6 Å². The van der Waals surface area contributed by atoms with Crippen LogP contribution in [0.5, 0.6) is 0 Å². The Morgan fingerprint density at radius 2 is 1.78 bits per heavy atom. The van der Waals surface area contributed by atoms with Crippen LogP contribution in [-0.2, 0) is 0 Å². The first-order chi connectivity index (χ1) is 4.36. The van der Waals surface area contributed by atoms with E-state index in [0.29, 0.717) is 12.1 Å². The summed E-state index contributed by atoms with van der Waals surface area (Å²) < 4.78 is 0. The van der Waals surface area contributed by atoms with Gasteiger partial charge in [0.2, 0.25) is 0 Å². The predicted molar refractivity (Wildman–Crippen MR) is 37.2 cm³/mol. The van der Waals surface area contributed by atoms with Gasteiger partial charge in [-0.15, -0.1) is 0 Å². The summed E-state index contributed by atoms with van der Waals surface area (Å²) >= 11 is 1.93. The first-order valence-electron chi connectivity index (χ1n) is 3.14. The molecule has 52 valence electrons. The molecule has 0 saturated carbocycles. The van der Waals surface area contributed by atoms with Crippen molar-refractivity contribution in [3.8, 4) is 0 Å². The van der Waals surface area contributed by atoms with Gasteiger partial charge in [-0.05, 0) is 0 Å². The molecule has 0 bridgehead atoms. The fourth-order valence-corrected chi connectivity index (χ4v) is 2.64. The monoisotopic (exact) mass is 146 g/mol. The summed E-state index contributed by atoms with van der Waals surface area (Å²) in [6, 6.07) is 1.01. The highest BCUT2D eigenvalue weighted by atomic mass is 32.2. The number of hydrogen-bond donors (Lipinski definition) is 3. The Labute approximate surface area is 58.2 Å². The second-order valence-electron chi connectivity index (χ2n) is 2.49. The molecule has 0 aromatic rings. The molecule has 3 nitrogen and oxygen atoms in total. The third kappa shape index (κ3) is 0.961. The van der Waals surface area contributed by atoms with Crippen molar-refractivity contribution >= 4 is 11.8 Å². The average molecular weight is 146 g/mol. The van der Waals surface area contributed by atoms with E-state index in [0.717, 1.165) is 11.5 Å². The predicted octanol–water partition coefficient (Wildman–Crippen LogP) is -1.06. The summed E-state index contributed by atoms with van der Waals surface area (Å²) in [6.07, 6.45) is -0.458. The number of nitrogens with one attached hydrogen (secondary N) is 2. The Morgan fingerprint density at radius 1 is 1.22 bits per heavy atom. The van der Waals surface area contributed by atoms with Gasteiger partial charge in [-0.2, -0.15) is 11.8 Å². The van der Waals surface area contributed by atoms with Crippen LogP contribution in [-0.4, -0.2) is 35.0 Å². The van der Waals surface area contributed by atoms with Gasteiger partial charge < -0.3 is 5.11 Å². The molecular weight excluding hydrogens is 136 g/mol. The largest absolute Gasteiger partial charge is 0.365 e. The van der Waals surface area contributed by atoms with E-state index in [9.17, 15) is 0 Å². The van der Waals surface area contributed by atoms with Crippen LogP contribution in [0.25, 0.3) is 0 Å². The SMILES string of the molecule is OC1NC2CSCC2N1. The maximum absolute atomic E-state index is 9.00. The molecule has 2 aliphatic heterocycles. The molecule has 0 radical (unpaired) electrons. The van der Waals surface area contributed by atoms with Crippen LogP contribution in [0.3, 0.4) is 0 Å². The van der Waals surface area contributed by atoms with Gasteiger partial charge in [0.1, 0.15) is 0 Å². The third-order valence-electron chi connectivity index (χ3n) is 1.82. The molecule has 2 heterocycles. The van der Waals surface area contributed by atoms with Gasteiger partial charge in [0.15, 0.2) is 6.35 Å². The van der Waals surface area contributed by atoms with E-state index in [1.54, 1.807) is 0 Å². The van der Waals surface area contributed by atoms with Gasteiger partial charge in [-0.1, -0.05) is 0 Å². The molecule has 3 N–H and O–H groups in total. The van der Waals surface area contributed by atoms with Crippen molar-refractivity contribution in [2.24, 2.45) is 0 Å².